The number of benzene rings is 1. The van der Waals surface area contributed by atoms with Crippen LogP contribution in [-0.2, 0) is 16.0 Å². The zero-order valence-corrected chi connectivity index (χ0v) is 13.2. The Bertz CT molecular complexity index is 462. The number of hydrogen-bond acceptors (Lipinski definition) is 6. The highest BCUT2D eigenvalue weighted by atomic mass is 16.5. The molecule has 21 heavy (non-hydrogen) atoms. The van der Waals surface area contributed by atoms with E-state index in [4.69, 9.17) is 14.2 Å². The van der Waals surface area contributed by atoms with Gasteiger partial charge in [-0.15, -0.1) is 0 Å². The molecule has 1 aromatic carbocycles. The minimum Gasteiger partial charge on any atom is -0.502 e. The minimum atomic E-state index is -0.319. The molecule has 0 aliphatic heterocycles. The van der Waals surface area contributed by atoms with Gasteiger partial charge in [0.2, 0.25) is 5.75 Å². The number of ether oxygens (including phenoxy) is 3. The topological polar surface area (TPSA) is 68.2 Å². The summed E-state index contributed by atoms with van der Waals surface area (Å²) < 4.78 is 15.0. The number of hydrogen-bond donors (Lipinski definition) is 1. The summed E-state index contributed by atoms with van der Waals surface area (Å²) in [6, 6.07) is 3.16. The number of aryl methyl sites for hydroxylation is 1. The van der Waals surface area contributed by atoms with E-state index in [0.717, 1.165) is 5.56 Å². The van der Waals surface area contributed by atoms with Crippen LogP contribution in [0, 0.1) is 0 Å². The van der Waals surface area contributed by atoms with Crippen molar-refractivity contribution in [2.75, 3.05) is 35.4 Å². The van der Waals surface area contributed by atoms with E-state index in [9.17, 15) is 9.90 Å². The van der Waals surface area contributed by atoms with Gasteiger partial charge in [0.1, 0.15) is 6.04 Å². The van der Waals surface area contributed by atoms with E-state index in [1.165, 1.54) is 21.3 Å². The Hall–Kier alpha value is -1.95. The van der Waals surface area contributed by atoms with E-state index in [-0.39, 0.29) is 17.8 Å². The lowest BCUT2D eigenvalue weighted by Crippen LogP contribution is -2.37. The number of phenols is 1. The molecule has 6 heteroatoms. The summed E-state index contributed by atoms with van der Waals surface area (Å²) in [5.74, 6) is 0.409. The maximum Gasteiger partial charge on any atom is 0.323 e. The van der Waals surface area contributed by atoms with Crippen molar-refractivity contribution >= 4 is 5.97 Å². The van der Waals surface area contributed by atoms with Gasteiger partial charge in [-0.05, 0) is 44.6 Å². The molecule has 0 fully saturated rings. The molecular weight excluding hydrogens is 274 g/mol. The summed E-state index contributed by atoms with van der Waals surface area (Å²) >= 11 is 0. The number of carbonyl (C=O) groups excluding carboxylic acids is 1. The Balaban J connectivity index is 2.90. The normalized spacial score (nSPS) is 12.1. The number of methoxy groups -OCH3 is 3. The summed E-state index contributed by atoms with van der Waals surface area (Å²) in [6.45, 7) is 0. The van der Waals surface area contributed by atoms with Crippen LogP contribution in [0.1, 0.15) is 12.0 Å². The lowest BCUT2D eigenvalue weighted by Gasteiger charge is -2.21. The largest absolute Gasteiger partial charge is 0.502 e. The van der Waals surface area contributed by atoms with Gasteiger partial charge in [-0.25, -0.2) is 0 Å². The average Bonchev–Trinajstić information content (AvgIpc) is 2.47. The molecule has 1 atom stereocenters. The summed E-state index contributed by atoms with van der Waals surface area (Å²) in [5.41, 5.74) is 0.914. The van der Waals surface area contributed by atoms with Gasteiger partial charge in [-0.1, -0.05) is 0 Å². The molecule has 118 valence electrons. The standard InChI is InChI=1S/C15H23NO5/c1-16(2)11(15(18)21-5)7-6-10-8-12(19-3)14(17)13(9-10)20-4/h8-9,11,17H,6-7H2,1-5H3. The number of esters is 1. The van der Waals surface area contributed by atoms with Crippen LogP contribution in [0.2, 0.25) is 0 Å². The van der Waals surface area contributed by atoms with E-state index in [1.54, 1.807) is 12.1 Å². The van der Waals surface area contributed by atoms with Gasteiger partial charge < -0.3 is 19.3 Å². The van der Waals surface area contributed by atoms with Crippen LogP contribution in [0.25, 0.3) is 0 Å². The first kappa shape index (κ1) is 17.1. The van der Waals surface area contributed by atoms with Crippen LogP contribution in [0.5, 0.6) is 17.2 Å². The van der Waals surface area contributed by atoms with Gasteiger partial charge in [-0.2, -0.15) is 0 Å². The highest BCUT2D eigenvalue weighted by molar-refractivity contribution is 5.75. The van der Waals surface area contributed by atoms with Gasteiger partial charge in [0.25, 0.3) is 0 Å². The molecule has 0 aliphatic rings. The first-order valence-electron chi connectivity index (χ1n) is 6.62. The summed E-state index contributed by atoms with van der Waals surface area (Å²) in [7, 11) is 8.01. The molecule has 1 unspecified atom stereocenters. The molecule has 0 heterocycles. The van der Waals surface area contributed by atoms with Crippen molar-refractivity contribution in [1.29, 1.82) is 0 Å². The lowest BCUT2D eigenvalue weighted by atomic mass is 10.0. The van der Waals surface area contributed by atoms with Crippen LogP contribution in [0.3, 0.4) is 0 Å². The molecule has 1 aromatic rings. The first-order valence-corrected chi connectivity index (χ1v) is 6.62. The van der Waals surface area contributed by atoms with Crippen molar-refractivity contribution in [2.45, 2.75) is 18.9 Å². The first-order chi connectivity index (χ1) is 9.94. The average molecular weight is 297 g/mol. The van der Waals surface area contributed by atoms with Crippen molar-refractivity contribution < 1.29 is 24.1 Å². The third-order valence-corrected chi connectivity index (χ3v) is 3.34. The number of nitrogens with zero attached hydrogens (tertiary/aromatic N) is 1. The maximum atomic E-state index is 11.7. The second-order valence-corrected chi connectivity index (χ2v) is 4.89. The smallest absolute Gasteiger partial charge is 0.323 e. The van der Waals surface area contributed by atoms with Gasteiger partial charge in [-0.3, -0.25) is 9.69 Å². The highest BCUT2D eigenvalue weighted by Crippen LogP contribution is 2.37. The number of carbonyl (C=O) groups is 1. The zero-order valence-electron chi connectivity index (χ0n) is 13.2. The Labute approximate surface area is 125 Å². The molecule has 1 N–H and O–H groups in total. The Kier molecular flexibility index (Phi) is 6.30. The molecule has 1 rings (SSSR count). The number of aromatic hydroxyl groups is 1. The SMILES string of the molecule is COC(=O)C(CCc1cc(OC)c(O)c(OC)c1)N(C)C. The second-order valence-electron chi connectivity index (χ2n) is 4.89. The number of phenolic OH excluding ortho intramolecular Hbond substituents is 1. The highest BCUT2D eigenvalue weighted by Gasteiger charge is 2.21. The molecule has 0 bridgehead atoms. The lowest BCUT2D eigenvalue weighted by molar-refractivity contribution is -0.146. The zero-order chi connectivity index (χ0) is 16.0. The fraction of sp³-hybridized carbons (Fsp3) is 0.533. The van der Waals surface area contributed by atoms with Crippen molar-refractivity contribution in [2.24, 2.45) is 0 Å². The Morgan fingerprint density at radius 2 is 1.71 bits per heavy atom. The molecule has 0 aliphatic carbocycles. The van der Waals surface area contributed by atoms with E-state index in [2.05, 4.69) is 0 Å². The van der Waals surface area contributed by atoms with Crippen molar-refractivity contribution in [1.82, 2.24) is 4.90 Å². The fourth-order valence-electron chi connectivity index (χ4n) is 2.12. The van der Waals surface area contributed by atoms with Crippen LogP contribution in [0.15, 0.2) is 12.1 Å². The minimum absolute atomic E-state index is 0.0270. The number of likely N-dealkylation sites (N-methyl/N-ethyl adjacent to an activating group) is 1. The summed E-state index contributed by atoms with van der Waals surface area (Å²) in [4.78, 5) is 13.5. The van der Waals surface area contributed by atoms with Crippen LogP contribution >= 0.6 is 0 Å². The van der Waals surface area contributed by atoms with E-state index >= 15 is 0 Å². The van der Waals surface area contributed by atoms with E-state index < -0.39 is 0 Å². The molecule has 0 radical (unpaired) electrons. The monoisotopic (exact) mass is 297 g/mol. The van der Waals surface area contributed by atoms with E-state index in [0.29, 0.717) is 24.3 Å². The maximum absolute atomic E-state index is 11.7. The van der Waals surface area contributed by atoms with Gasteiger partial charge in [0.05, 0.1) is 21.3 Å². The predicted molar refractivity (Wildman–Crippen MR) is 79.0 cm³/mol. The molecule has 6 nitrogen and oxygen atoms in total. The fourth-order valence-corrected chi connectivity index (χ4v) is 2.12. The predicted octanol–water partition coefficient (Wildman–Crippen LogP) is 1.45. The van der Waals surface area contributed by atoms with Crippen molar-refractivity contribution in [3.8, 4) is 17.2 Å². The number of rotatable bonds is 7. The van der Waals surface area contributed by atoms with E-state index in [1.807, 2.05) is 19.0 Å². The summed E-state index contributed by atoms with van der Waals surface area (Å²) in [6.07, 6.45) is 1.22. The Morgan fingerprint density at radius 3 is 2.10 bits per heavy atom. The van der Waals surface area contributed by atoms with Gasteiger partial charge in [0, 0.05) is 0 Å². The quantitative estimate of drug-likeness (QED) is 0.768. The van der Waals surface area contributed by atoms with Crippen LogP contribution in [0.4, 0.5) is 0 Å². The van der Waals surface area contributed by atoms with Crippen LogP contribution < -0.4 is 9.47 Å². The molecular formula is C15H23NO5. The van der Waals surface area contributed by atoms with Gasteiger partial charge in [0.15, 0.2) is 11.5 Å². The molecule has 0 aromatic heterocycles. The van der Waals surface area contributed by atoms with Crippen LogP contribution in [-0.4, -0.2) is 57.4 Å². The summed E-state index contributed by atoms with van der Waals surface area (Å²) in [5, 5.41) is 9.87. The third-order valence-electron chi connectivity index (χ3n) is 3.34. The van der Waals surface area contributed by atoms with Gasteiger partial charge >= 0.3 is 5.97 Å². The van der Waals surface area contributed by atoms with Crippen molar-refractivity contribution in [3.05, 3.63) is 17.7 Å². The third kappa shape index (κ3) is 4.26. The molecule has 0 saturated heterocycles. The second kappa shape index (κ2) is 7.73. The molecule has 0 spiro atoms. The van der Waals surface area contributed by atoms with Crippen molar-refractivity contribution in [3.63, 3.8) is 0 Å². The Morgan fingerprint density at radius 1 is 1.19 bits per heavy atom. The molecule has 0 amide bonds. The molecule has 0 saturated carbocycles.